The molecule has 0 aliphatic carbocycles. The predicted octanol–water partition coefficient (Wildman–Crippen LogP) is 1.19. The van der Waals surface area contributed by atoms with Crippen LogP contribution in [0.1, 0.15) is 18.4 Å². The van der Waals surface area contributed by atoms with Gasteiger partial charge in [-0.15, -0.1) is 0 Å². The molecule has 1 fully saturated rings. The quantitative estimate of drug-likeness (QED) is 0.616. The Labute approximate surface area is 149 Å². The van der Waals surface area contributed by atoms with Gasteiger partial charge < -0.3 is 29.7 Å². The molecule has 2 heterocycles. The molecule has 2 N–H and O–H groups in total. The number of hydrogen-bond donors (Lipinski definition) is 2. The number of ether oxygens (including phenoxy) is 3. The van der Waals surface area contributed by atoms with Gasteiger partial charge in [0, 0.05) is 38.9 Å². The highest BCUT2D eigenvalue weighted by atomic mass is 16.7. The number of rotatable bonds is 5. The number of fused-ring (bicyclic) bond motifs is 1. The molecule has 3 rings (SSSR count). The Morgan fingerprint density at radius 3 is 2.64 bits per heavy atom. The molecule has 25 heavy (non-hydrogen) atoms. The third kappa shape index (κ3) is 4.16. The van der Waals surface area contributed by atoms with Crippen LogP contribution in [0.4, 0.5) is 0 Å². The zero-order chi connectivity index (χ0) is 17.7. The van der Waals surface area contributed by atoms with E-state index in [1.165, 1.54) is 0 Å². The van der Waals surface area contributed by atoms with Gasteiger partial charge in [0.2, 0.25) is 6.79 Å². The summed E-state index contributed by atoms with van der Waals surface area (Å²) in [7, 11) is 6.06. The fourth-order valence-electron chi connectivity index (χ4n) is 3.24. The molecular weight excluding hydrogens is 320 g/mol. The van der Waals surface area contributed by atoms with Crippen LogP contribution in [-0.2, 0) is 11.3 Å². The summed E-state index contributed by atoms with van der Waals surface area (Å²) in [6.45, 7) is 3.43. The van der Waals surface area contributed by atoms with E-state index in [4.69, 9.17) is 14.2 Å². The minimum atomic E-state index is 0.106. The molecule has 2 aliphatic rings. The summed E-state index contributed by atoms with van der Waals surface area (Å²) >= 11 is 0. The first-order valence-corrected chi connectivity index (χ1v) is 8.71. The third-order valence-electron chi connectivity index (χ3n) is 5.08. The molecule has 7 nitrogen and oxygen atoms in total. The third-order valence-corrected chi connectivity index (χ3v) is 5.08. The Hall–Kier alpha value is -1.99. The van der Waals surface area contributed by atoms with Crippen LogP contribution in [0.2, 0.25) is 0 Å². The van der Waals surface area contributed by atoms with Crippen molar-refractivity contribution < 1.29 is 14.2 Å². The van der Waals surface area contributed by atoms with E-state index < -0.39 is 0 Å². The molecule has 0 unspecified atom stereocenters. The molecule has 0 bridgehead atoms. The minimum absolute atomic E-state index is 0.106. The minimum Gasteiger partial charge on any atom is -0.454 e. The molecule has 0 atom stereocenters. The van der Waals surface area contributed by atoms with Crippen molar-refractivity contribution >= 4 is 5.96 Å². The number of guanidine groups is 1. The maximum atomic E-state index is 5.53. The SMILES string of the molecule is CN=C(NCc1ccc2c(c1)OCO2)NCC1(N(C)C)CCOCC1. The van der Waals surface area contributed by atoms with Crippen LogP contribution in [0.25, 0.3) is 0 Å². The molecule has 2 aliphatic heterocycles. The van der Waals surface area contributed by atoms with Crippen LogP contribution >= 0.6 is 0 Å². The number of nitrogens with one attached hydrogen (secondary N) is 2. The molecule has 0 amide bonds. The van der Waals surface area contributed by atoms with E-state index in [2.05, 4.69) is 34.6 Å². The van der Waals surface area contributed by atoms with Gasteiger partial charge in [0.05, 0.1) is 0 Å². The summed E-state index contributed by atoms with van der Waals surface area (Å²) in [5, 5.41) is 6.83. The van der Waals surface area contributed by atoms with Gasteiger partial charge in [0.15, 0.2) is 17.5 Å². The van der Waals surface area contributed by atoms with Gasteiger partial charge in [0.25, 0.3) is 0 Å². The lowest BCUT2D eigenvalue weighted by atomic mass is 9.88. The summed E-state index contributed by atoms with van der Waals surface area (Å²) in [6, 6.07) is 5.98. The van der Waals surface area contributed by atoms with E-state index in [0.29, 0.717) is 13.3 Å². The van der Waals surface area contributed by atoms with Gasteiger partial charge in [-0.2, -0.15) is 0 Å². The Morgan fingerprint density at radius 1 is 1.16 bits per heavy atom. The van der Waals surface area contributed by atoms with Crippen molar-refractivity contribution in [2.75, 3.05) is 47.7 Å². The van der Waals surface area contributed by atoms with Crippen molar-refractivity contribution in [3.63, 3.8) is 0 Å². The molecule has 0 radical (unpaired) electrons. The first-order chi connectivity index (χ1) is 12.1. The average Bonchev–Trinajstić information content (AvgIpc) is 3.10. The van der Waals surface area contributed by atoms with Crippen LogP contribution in [-0.4, -0.2) is 64.1 Å². The van der Waals surface area contributed by atoms with Gasteiger partial charge in [-0.1, -0.05) is 6.07 Å². The molecule has 1 aromatic rings. The van der Waals surface area contributed by atoms with E-state index >= 15 is 0 Å². The highest BCUT2D eigenvalue weighted by Crippen LogP contribution is 2.32. The normalized spacial score (nSPS) is 19.1. The fourth-order valence-corrected chi connectivity index (χ4v) is 3.24. The zero-order valence-corrected chi connectivity index (χ0v) is 15.3. The van der Waals surface area contributed by atoms with Crippen LogP contribution < -0.4 is 20.1 Å². The monoisotopic (exact) mass is 348 g/mol. The molecule has 0 spiro atoms. The van der Waals surface area contributed by atoms with Crippen molar-refractivity contribution in [1.29, 1.82) is 0 Å². The lowest BCUT2D eigenvalue weighted by molar-refractivity contribution is -0.00501. The van der Waals surface area contributed by atoms with Gasteiger partial charge in [-0.3, -0.25) is 4.99 Å². The largest absolute Gasteiger partial charge is 0.454 e. The average molecular weight is 348 g/mol. The predicted molar refractivity (Wildman–Crippen MR) is 97.2 cm³/mol. The van der Waals surface area contributed by atoms with E-state index in [1.54, 1.807) is 7.05 Å². The standard InChI is InChI=1S/C18H28N4O3/c1-19-17(21-12-18(22(2)3)6-8-23-9-7-18)20-11-14-4-5-15-16(10-14)25-13-24-15/h4-5,10H,6-9,11-13H2,1-3H3,(H2,19,20,21). The van der Waals surface area contributed by atoms with E-state index in [-0.39, 0.29) is 5.54 Å². The molecule has 138 valence electrons. The number of hydrogen-bond acceptors (Lipinski definition) is 5. The van der Waals surface area contributed by atoms with Crippen LogP contribution in [0.3, 0.4) is 0 Å². The van der Waals surface area contributed by atoms with Crippen LogP contribution in [0, 0.1) is 0 Å². The van der Waals surface area contributed by atoms with E-state index in [0.717, 1.165) is 55.6 Å². The summed E-state index contributed by atoms with van der Waals surface area (Å²) in [5.74, 6) is 2.40. The van der Waals surface area contributed by atoms with Crippen molar-refractivity contribution in [1.82, 2.24) is 15.5 Å². The highest BCUT2D eigenvalue weighted by Gasteiger charge is 2.34. The Bertz CT molecular complexity index is 612. The highest BCUT2D eigenvalue weighted by molar-refractivity contribution is 5.79. The van der Waals surface area contributed by atoms with Gasteiger partial charge in [-0.25, -0.2) is 0 Å². The number of likely N-dealkylation sites (N-methyl/N-ethyl adjacent to an activating group) is 1. The topological polar surface area (TPSA) is 67.4 Å². The lowest BCUT2D eigenvalue weighted by Gasteiger charge is -2.43. The van der Waals surface area contributed by atoms with E-state index in [9.17, 15) is 0 Å². The molecule has 0 saturated carbocycles. The number of benzene rings is 1. The summed E-state index contributed by atoms with van der Waals surface area (Å²) < 4.78 is 16.3. The summed E-state index contributed by atoms with van der Waals surface area (Å²) in [4.78, 5) is 6.64. The second kappa shape index (κ2) is 7.93. The van der Waals surface area contributed by atoms with Crippen LogP contribution in [0.5, 0.6) is 11.5 Å². The second-order valence-electron chi connectivity index (χ2n) is 6.70. The Kier molecular flexibility index (Phi) is 5.65. The first kappa shape index (κ1) is 17.8. The van der Waals surface area contributed by atoms with Gasteiger partial charge >= 0.3 is 0 Å². The lowest BCUT2D eigenvalue weighted by Crippen LogP contribution is -2.57. The summed E-state index contributed by atoms with van der Waals surface area (Å²) in [5.41, 5.74) is 1.23. The molecule has 1 aromatic carbocycles. The maximum Gasteiger partial charge on any atom is 0.231 e. The van der Waals surface area contributed by atoms with Gasteiger partial charge in [0.1, 0.15) is 0 Å². The van der Waals surface area contributed by atoms with Crippen molar-refractivity contribution in [3.8, 4) is 11.5 Å². The van der Waals surface area contributed by atoms with Crippen LogP contribution in [0.15, 0.2) is 23.2 Å². The first-order valence-electron chi connectivity index (χ1n) is 8.71. The van der Waals surface area contributed by atoms with Crippen molar-refractivity contribution in [2.24, 2.45) is 4.99 Å². The van der Waals surface area contributed by atoms with Gasteiger partial charge in [-0.05, 0) is 44.6 Å². The molecule has 1 saturated heterocycles. The zero-order valence-electron chi connectivity index (χ0n) is 15.3. The summed E-state index contributed by atoms with van der Waals surface area (Å²) in [6.07, 6.45) is 2.04. The molecule has 0 aromatic heterocycles. The van der Waals surface area contributed by atoms with Crippen molar-refractivity contribution in [2.45, 2.75) is 24.9 Å². The van der Waals surface area contributed by atoms with Crippen molar-refractivity contribution in [3.05, 3.63) is 23.8 Å². The second-order valence-corrected chi connectivity index (χ2v) is 6.70. The number of nitrogens with zero attached hydrogens (tertiary/aromatic N) is 2. The molecule has 7 heteroatoms. The number of aliphatic imine (C=N–C) groups is 1. The smallest absolute Gasteiger partial charge is 0.231 e. The maximum absolute atomic E-state index is 5.53. The Morgan fingerprint density at radius 2 is 1.92 bits per heavy atom. The Balaban J connectivity index is 1.54. The fraction of sp³-hybridized carbons (Fsp3) is 0.611. The van der Waals surface area contributed by atoms with E-state index in [1.807, 2.05) is 18.2 Å². The molecular formula is C18H28N4O3.